The summed E-state index contributed by atoms with van der Waals surface area (Å²) in [5, 5.41) is 9.45. The van der Waals surface area contributed by atoms with Crippen molar-refractivity contribution in [2.75, 3.05) is 0 Å². The van der Waals surface area contributed by atoms with Crippen LogP contribution in [0.15, 0.2) is 72.8 Å². The maximum absolute atomic E-state index is 10.6. The van der Waals surface area contributed by atoms with E-state index in [0.717, 1.165) is 53.9 Å². The van der Waals surface area contributed by atoms with Crippen molar-refractivity contribution in [2.24, 2.45) is 0 Å². The van der Waals surface area contributed by atoms with Gasteiger partial charge in [-0.15, -0.1) is 0 Å². The Balaban J connectivity index is 0.000000537. The molecule has 3 aromatic rings. The summed E-state index contributed by atoms with van der Waals surface area (Å²) in [6.45, 7) is 10.8. The maximum Gasteiger partial charge on any atom is 0.460 e. The highest BCUT2D eigenvalue weighted by atomic mass is 31.2. The predicted octanol–water partition coefficient (Wildman–Crippen LogP) is 12.6. The molecule has 0 fully saturated rings. The summed E-state index contributed by atoms with van der Waals surface area (Å²) in [7, 11) is -2.02. The van der Waals surface area contributed by atoms with E-state index in [2.05, 4.69) is 46.8 Å². The molecule has 0 spiro atoms. The lowest BCUT2D eigenvalue weighted by Crippen LogP contribution is -2.10. The Kier molecular flexibility index (Phi) is 19.6. The Labute approximate surface area is 276 Å². The van der Waals surface area contributed by atoms with Crippen LogP contribution < -0.4 is 9.05 Å². The third-order valence-corrected chi connectivity index (χ3v) is 8.82. The quantitative estimate of drug-likeness (QED) is 0.0957. The third kappa shape index (κ3) is 16.5. The first-order valence-corrected chi connectivity index (χ1v) is 18.7. The maximum atomic E-state index is 10.6. The smallest absolute Gasteiger partial charge is 0.460 e. The number of phenolic OH excluding ortho intramolecular Hbond substituents is 1. The minimum Gasteiger partial charge on any atom is -0.508 e. The number of benzene rings is 3. The highest BCUT2D eigenvalue weighted by molar-refractivity contribution is 7.41. The molecule has 0 amide bonds. The van der Waals surface area contributed by atoms with E-state index in [-0.39, 0.29) is 5.41 Å². The number of hydrogen-bond donors (Lipinski definition) is 2. The van der Waals surface area contributed by atoms with Crippen molar-refractivity contribution in [3.63, 3.8) is 0 Å². The molecule has 0 saturated carbocycles. The van der Waals surface area contributed by atoms with Gasteiger partial charge in [-0.3, -0.25) is 0 Å². The molecule has 0 aliphatic carbocycles. The highest BCUT2D eigenvalue weighted by Crippen LogP contribution is 2.39. The van der Waals surface area contributed by atoms with Crippen molar-refractivity contribution >= 4 is 8.60 Å². The van der Waals surface area contributed by atoms with Gasteiger partial charge in [0, 0.05) is 0 Å². The molecule has 0 unspecified atom stereocenters. The number of para-hydroxylation sites is 3. The fourth-order valence-corrected chi connectivity index (χ4v) is 6.17. The van der Waals surface area contributed by atoms with E-state index in [1.807, 2.05) is 54.6 Å². The van der Waals surface area contributed by atoms with Gasteiger partial charge in [-0.1, -0.05) is 166 Å². The summed E-state index contributed by atoms with van der Waals surface area (Å²) in [5.74, 6) is 1.87. The molecule has 3 rings (SSSR count). The van der Waals surface area contributed by atoms with E-state index in [9.17, 15) is 10.00 Å². The second-order valence-electron chi connectivity index (χ2n) is 13.1. The van der Waals surface area contributed by atoms with Crippen LogP contribution in [0.2, 0.25) is 0 Å². The van der Waals surface area contributed by atoms with E-state index >= 15 is 0 Å². The lowest BCUT2D eigenvalue weighted by molar-refractivity contribution is 0.377. The zero-order chi connectivity index (χ0) is 32.8. The topological polar surface area (TPSA) is 58.9 Å². The lowest BCUT2D eigenvalue weighted by Gasteiger charge is -2.19. The number of aromatic hydroxyl groups is 1. The van der Waals surface area contributed by atoms with Gasteiger partial charge in [0.1, 0.15) is 17.2 Å². The molecule has 0 atom stereocenters. The van der Waals surface area contributed by atoms with Crippen LogP contribution in [0.25, 0.3) is 0 Å². The van der Waals surface area contributed by atoms with Crippen LogP contribution in [-0.2, 0) is 18.3 Å². The van der Waals surface area contributed by atoms with Crippen LogP contribution in [0.1, 0.15) is 141 Å². The standard InChI is InChI=1S/C30H47O3P.C10H14O/c1-3-5-7-9-11-13-15-21-27-23-17-19-25-29(27)32-34(31)33-30-26-20-18-24-28(30)22-16-14-12-10-8-6-4-2;1-10(2,3)8-6-4-5-7-9(8)11/h17-20,23-26,31H,3-16,21-22H2,1-2H3;4-7,11H,1-3H3. The first kappa shape index (κ1) is 38.6. The van der Waals surface area contributed by atoms with Crippen molar-refractivity contribution < 1.29 is 19.0 Å². The molecule has 3 aromatic carbocycles. The monoisotopic (exact) mass is 636 g/mol. The first-order valence-electron chi connectivity index (χ1n) is 17.6. The van der Waals surface area contributed by atoms with Crippen LogP contribution in [0.5, 0.6) is 17.2 Å². The van der Waals surface area contributed by atoms with E-state index in [1.54, 1.807) is 6.07 Å². The summed E-state index contributed by atoms with van der Waals surface area (Å²) in [6.07, 6.45) is 20.0. The molecule has 45 heavy (non-hydrogen) atoms. The molecule has 4 nitrogen and oxygen atoms in total. The first-order chi connectivity index (χ1) is 21.8. The third-order valence-electron chi connectivity index (χ3n) is 8.11. The largest absolute Gasteiger partial charge is 0.508 e. The molecule has 0 aliphatic heterocycles. The fourth-order valence-electron chi connectivity index (χ4n) is 5.44. The molecule has 5 heteroatoms. The van der Waals surface area contributed by atoms with Crippen LogP contribution in [0, 0.1) is 0 Å². The lowest BCUT2D eigenvalue weighted by atomic mass is 9.86. The van der Waals surface area contributed by atoms with Gasteiger partial charge < -0.3 is 19.0 Å². The number of hydrogen-bond acceptors (Lipinski definition) is 4. The normalized spacial score (nSPS) is 11.3. The van der Waals surface area contributed by atoms with Crippen molar-refractivity contribution in [3.05, 3.63) is 89.5 Å². The van der Waals surface area contributed by atoms with E-state index < -0.39 is 8.60 Å². The zero-order valence-corrected chi connectivity index (χ0v) is 29.8. The highest BCUT2D eigenvalue weighted by Gasteiger charge is 2.17. The Morgan fingerprint density at radius 3 is 1.31 bits per heavy atom. The van der Waals surface area contributed by atoms with Gasteiger partial charge in [0.15, 0.2) is 0 Å². The zero-order valence-electron chi connectivity index (χ0n) is 28.9. The Bertz CT molecular complexity index is 1110. The van der Waals surface area contributed by atoms with Gasteiger partial charge in [0.05, 0.1) is 0 Å². The summed E-state index contributed by atoms with van der Waals surface area (Å²) in [6, 6.07) is 23.5. The van der Waals surface area contributed by atoms with Gasteiger partial charge in [-0.05, 0) is 66.0 Å². The number of phenols is 1. The SMILES string of the molecule is CC(C)(C)c1ccccc1O.CCCCCCCCCc1ccccc1OP(O)Oc1ccccc1CCCCCCCCC. The van der Waals surface area contributed by atoms with Crippen molar-refractivity contribution in [2.45, 2.75) is 143 Å². The van der Waals surface area contributed by atoms with Gasteiger partial charge in [0.25, 0.3) is 0 Å². The minimum atomic E-state index is -2.02. The predicted molar refractivity (Wildman–Crippen MR) is 193 cm³/mol. The number of rotatable bonds is 20. The van der Waals surface area contributed by atoms with E-state index in [4.69, 9.17) is 9.05 Å². The Morgan fingerprint density at radius 1 is 0.533 bits per heavy atom. The summed E-state index contributed by atoms with van der Waals surface area (Å²) < 4.78 is 11.8. The van der Waals surface area contributed by atoms with Crippen LogP contribution in [0.4, 0.5) is 0 Å². The molecule has 0 saturated heterocycles. The fraction of sp³-hybridized carbons (Fsp3) is 0.550. The van der Waals surface area contributed by atoms with Gasteiger partial charge >= 0.3 is 8.60 Å². The van der Waals surface area contributed by atoms with Gasteiger partial charge in [0.2, 0.25) is 0 Å². The summed E-state index contributed by atoms with van der Waals surface area (Å²) in [5.41, 5.74) is 3.33. The molecule has 0 radical (unpaired) electrons. The molecule has 0 aromatic heterocycles. The minimum absolute atomic E-state index is 0.0331. The summed E-state index contributed by atoms with van der Waals surface area (Å²) >= 11 is 0. The Morgan fingerprint density at radius 2 is 0.911 bits per heavy atom. The van der Waals surface area contributed by atoms with E-state index in [0.29, 0.717) is 5.75 Å². The molecule has 2 N–H and O–H groups in total. The molecule has 0 aliphatic rings. The van der Waals surface area contributed by atoms with Crippen LogP contribution >= 0.6 is 8.60 Å². The summed E-state index contributed by atoms with van der Waals surface area (Å²) in [4.78, 5) is 10.6. The number of unbranched alkanes of at least 4 members (excludes halogenated alkanes) is 12. The molecular weight excluding hydrogens is 575 g/mol. The van der Waals surface area contributed by atoms with Gasteiger partial charge in [-0.2, -0.15) is 0 Å². The molecule has 0 heterocycles. The average molecular weight is 637 g/mol. The van der Waals surface area contributed by atoms with Crippen molar-refractivity contribution in [3.8, 4) is 17.2 Å². The van der Waals surface area contributed by atoms with Crippen LogP contribution in [-0.4, -0.2) is 10.00 Å². The molecule has 0 bridgehead atoms. The molecule has 250 valence electrons. The van der Waals surface area contributed by atoms with Crippen LogP contribution in [0.3, 0.4) is 0 Å². The van der Waals surface area contributed by atoms with E-state index in [1.165, 1.54) is 77.0 Å². The molecular formula is C40H61O4P. The van der Waals surface area contributed by atoms with Crippen molar-refractivity contribution in [1.82, 2.24) is 0 Å². The average Bonchev–Trinajstić information content (AvgIpc) is 3.01. The second kappa shape index (κ2) is 22.9. The van der Waals surface area contributed by atoms with Gasteiger partial charge in [-0.25, -0.2) is 0 Å². The Hall–Kier alpha value is -2.55. The number of aryl methyl sites for hydroxylation is 2. The van der Waals surface area contributed by atoms with Crippen molar-refractivity contribution in [1.29, 1.82) is 0 Å². The second-order valence-corrected chi connectivity index (χ2v) is 14.0.